The molecule has 3 rings (SSSR count). The lowest BCUT2D eigenvalue weighted by atomic mass is 10.1. The van der Waals surface area contributed by atoms with E-state index in [2.05, 4.69) is 15.3 Å². The van der Waals surface area contributed by atoms with Crippen LogP contribution >= 0.6 is 0 Å². The fourth-order valence-corrected chi connectivity index (χ4v) is 3.16. The van der Waals surface area contributed by atoms with Crippen LogP contribution < -0.4 is 10.7 Å². The van der Waals surface area contributed by atoms with E-state index in [-0.39, 0.29) is 17.4 Å². The van der Waals surface area contributed by atoms with Crippen molar-refractivity contribution in [3.8, 4) is 5.69 Å². The lowest BCUT2D eigenvalue weighted by molar-refractivity contribution is -0.137. The van der Waals surface area contributed by atoms with E-state index in [1.807, 2.05) is 14.0 Å². The molecule has 0 radical (unpaired) electrons. The SMILES string of the molecule is Cc1cc(=O)c(C(=O)NCC(C)N(C)C2CC2)nn1-c1ccccc1C(F)(F)F. The Kier molecular flexibility index (Phi) is 5.79. The number of carbonyl (C=O) groups excluding carboxylic acids is 1. The summed E-state index contributed by atoms with van der Waals surface area (Å²) in [5.74, 6) is -0.704. The minimum atomic E-state index is -4.60. The van der Waals surface area contributed by atoms with Crippen LogP contribution in [-0.4, -0.2) is 46.3 Å². The molecule has 0 spiro atoms. The summed E-state index contributed by atoms with van der Waals surface area (Å²) < 4.78 is 41.1. The number of benzene rings is 1. The summed E-state index contributed by atoms with van der Waals surface area (Å²) in [5.41, 5.74) is -2.01. The molecule has 2 aromatic rings. The number of aryl methyl sites for hydroxylation is 1. The van der Waals surface area contributed by atoms with Gasteiger partial charge in [0.1, 0.15) is 0 Å². The Morgan fingerprint density at radius 3 is 2.62 bits per heavy atom. The molecule has 156 valence electrons. The molecule has 1 N–H and O–H groups in total. The minimum Gasteiger partial charge on any atom is -0.349 e. The summed E-state index contributed by atoms with van der Waals surface area (Å²) in [6, 6.07) is 6.59. The maximum absolute atomic E-state index is 13.4. The lowest BCUT2D eigenvalue weighted by Gasteiger charge is -2.24. The molecule has 9 heteroatoms. The van der Waals surface area contributed by atoms with Crippen LogP contribution in [0.3, 0.4) is 0 Å². The van der Waals surface area contributed by atoms with Gasteiger partial charge in [0.2, 0.25) is 5.43 Å². The van der Waals surface area contributed by atoms with Gasteiger partial charge in [-0.05, 0) is 45.9 Å². The Labute approximate surface area is 166 Å². The quantitative estimate of drug-likeness (QED) is 0.798. The summed E-state index contributed by atoms with van der Waals surface area (Å²) in [4.78, 5) is 27.0. The van der Waals surface area contributed by atoms with Gasteiger partial charge in [-0.25, -0.2) is 4.68 Å². The van der Waals surface area contributed by atoms with Gasteiger partial charge in [-0.3, -0.25) is 14.5 Å². The molecule has 1 fully saturated rings. The number of carbonyl (C=O) groups is 1. The van der Waals surface area contributed by atoms with Gasteiger partial charge < -0.3 is 5.32 Å². The van der Waals surface area contributed by atoms with Crippen molar-refractivity contribution in [2.45, 2.75) is 44.9 Å². The highest BCUT2D eigenvalue weighted by atomic mass is 19.4. The number of alkyl halides is 3. The monoisotopic (exact) mass is 408 g/mol. The predicted molar refractivity (Wildman–Crippen MR) is 102 cm³/mol. The third kappa shape index (κ3) is 4.67. The molecule has 1 aromatic carbocycles. The topological polar surface area (TPSA) is 67.2 Å². The maximum atomic E-state index is 13.4. The molecule has 1 amide bonds. The molecule has 1 aliphatic rings. The molecule has 1 aliphatic carbocycles. The van der Waals surface area contributed by atoms with Crippen molar-refractivity contribution >= 4 is 5.91 Å². The van der Waals surface area contributed by atoms with Crippen LogP contribution in [0, 0.1) is 6.92 Å². The van der Waals surface area contributed by atoms with E-state index in [1.54, 1.807) is 0 Å². The Morgan fingerprint density at radius 1 is 1.34 bits per heavy atom. The van der Waals surface area contributed by atoms with Crippen LogP contribution in [0.5, 0.6) is 0 Å². The summed E-state index contributed by atoms with van der Waals surface area (Å²) in [6.07, 6.45) is -2.35. The molecule has 1 atom stereocenters. The predicted octanol–water partition coefficient (Wildman–Crippen LogP) is 2.77. The smallest absolute Gasteiger partial charge is 0.349 e. The molecule has 0 saturated heterocycles. The van der Waals surface area contributed by atoms with Crippen molar-refractivity contribution in [2.24, 2.45) is 0 Å². The number of halogens is 3. The molecule has 1 heterocycles. The van der Waals surface area contributed by atoms with Crippen molar-refractivity contribution in [3.05, 3.63) is 57.5 Å². The highest BCUT2D eigenvalue weighted by Gasteiger charge is 2.34. The standard InChI is InChI=1S/C20H23F3N4O2/c1-12-10-17(28)18(19(29)24-11-13(2)26(3)14-8-9-14)25-27(12)16-7-5-4-6-15(16)20(21,22)23/h4-7,10,13-14H,8-9,11H2,1-3H3,(H,24,29). The number of amides is 1. The molecule has 6 nitrogen and oxygen atoms in total. The van der Waals surface area contributed by atoms with Gasteiger partial charge in [-0.15, -0.1) is 0 Å². The van der Waals surface area contributed by atoms with Crippen LogP contribution in [0.25, 0.3) is 5.69 Å². The first kappa shape index (κ1) is 21.0. The number of likely N-dealkylation sites (N-methyl/N-ethyl adjacent to an activating group) is 1. The van der Waals surface area contributed by atoms with E-state index >= 15 is 0 Å². The molecule has 0 bridgehead atoms. The molecule has 1 saturated carbocycles. The van der Waals surface area contributed by atoms with Crippen molar-refractivity contribution in [3.63, 3.8) is 0 Å². The van der Waals surface area contributed by atoms with Gasteiger partial charge in [0.05, 0.1) is 11.3 Å². The second kappa shape index (κ2) is 7.98. The Bertz CT molecular complexity index is 967. The molecule has 29 heavy (non-hydrogen) atoms. The van der Waals surface area contributed by atoms with E-state index in [4.69, 9.17) is 0 Å². The zero-order valence-corrected chi connectivity index (χ0v) is 16.5. The highest BCUT2D eigenvalue weighted by molar-refractivity contribution is 5.92. The zero-order valence-electron chi connectivity index (χ0n) is 16.5. The Balaban J connectivity index is 1.88. The summed E-state index contributed by atoms with van der Waals surface area (Å²) >= 11 is 0. The van der Waals surface area contributed by atoms with Gasteiger partial charge in [0, 0.05) is 30.4 Å². The summed E-state index contributed by atoms with van der Waals surface area (Å²) in [5, 5.41) is 6.63. The van der Waals surface area contributed by atoms with E-state index in [9.17, 15) is 22.8 Å². The zero-order chi connectivity index (χ0) is 21.3. The molecular weight excluding hydrogens is 385 g/mol. The van der Waals surface area contributed by atoms with Gasteiger partial charge in [-0.1, -0.05) is 12.1 Å². The number of hydrogen-bond acceptors (Lipinski definition) is 4. The summed E-state index contributed by atoms with van der Waals surface area (Å²) in [7, 11) is 1.97. The van der Waals surface area contributed by atoms with E-state index in [0.29, 0.717) is 12.6 Å². The van der Waals surface area contributed by atoms with E-state index in [0.717, 1.165) is 29.7 Å². The number of aromatic nitrogens is 2. The second-order valence-electron chi connectivity index (χ2n) is 7.38. The van der Waals surface area contributed by atoms with E-state index < -0.39 is 28.8 Å². The largest absolute Gasteiger partial charge is 0.418 e. The van der Waals surface area contributed by atoms with Gasteiger partial charge in [0.25, 0.3) is 5.91 Å². The van der Waals surface area contributed by atoms with Gasteiger partial charge in [-0.2, -0.15) is 18.3 Å². The fraction of sp³-hybridized carbons (Fsp3) is 0.450. The highest BCUT2D eigenvalue weighted by Crippen LogP contribution is 2.33. The fourth-order valence-electron chi connectivity index (χ4n) is 3.16. The Hall–Kier alpha value is -2.68. The average Bonchev–Trinajstić information content (AvgIpc) is 3.50. The number of rotatable bonds is 6. The summed E-state index contributed by atoms with van der Waals surface area (Å²) in [6.45, 7) is 3.73. The van der Waals surface area contributed by atoms with Crippen LogP contribution in [-0.2, 0) is 6.18 Å². The number of para-hydroxylation sites is 1. The first-order valence-corrected chi connectivity index (χ1v) is 9.37. The van der Waals surface area contributed by atoms with Gasteiger partial charge in [0.15, 0.2) is 5.69 Å². The Morgan fingerprint density at radius 2 is 2.00 bits per heavy atom. The third-order valence-corrected chi connectivity index (χ3v) is 5.14. The molecule has 0 aliphatic heterocycles. The van der Waals surface area contributed by atoms with Crippen LogP contribution in [0.4, 0.5) is 13.2 Å². The molecule has 1 unspecified atom stereocenters. The van der Waals surface area contributed by atoms with Crippen LogP contribution in [0.15, 0.2) is 35.1 Å². The van der Waals surface area contributed by atoms with Crippen molar-refractivity contribution in [2.75, 3.05) is 13.6 Å². The molecule has 1 aromatic heterocycles. The second-order valence-corrected chi connectivity index (χ2v) is 7.38. The third-order valence-electron chi connectivity index (χ3n) is 5.14. The first-order valence-electron chi connectivity index (χ1n) is 9.37. The van der Waals surface area contributed by atoms with Gasteiger partial charge >= 0.3 is 6.18 Å². The number of nitrogens with zero attached hydrogens (tertiary/aromatic N) is 3. The van der Waals surface area contributed by atoms with Crippen LogP contribution in [0.1, 0.15) is 41.5 Å². The number of nitrogens with one attached hydrogen (secondary N) is 1. The van der Waals surface area contributed by atoms with Crippen LogP contribution in [0.2, 0.25) is 0 Å². The van der Waals surface area contributed by atoms with E-state index in [1.165, 1.54) is 25.1 Å². The first-order chi connectivity index (χ1) is 13.6. The number of hydrogen-bond donors (Lipinski definition) is 1. The van der Waals surface area contributed by atoms with Crippen molar-refractivity contribution in [1.82, 2.24) is 20.0 Å². The molecular formula is C20H23F3N4O2. The average molecular weight is 408 g/mol. The normalized spacial score (nSPS) is 15.4. The minimum absolute atomic E-state index is 0.0603. The maximum Gasteiger partial charge on any atom is 0.418 e. The van der Waals surface area contributed by atoms with Crippen molar-refractivity contribution < 1.29 is 18.0 Å². The lowest BCUT2D eigenvalue weighted by Crippen LogP contribution is -2.42. The van der Waals surface area contributed by atoms with Crippen molar-refractivity contribution in [1.29, 1.82) is 0 Å².